The summed E-state index contributed by atoms with van der Waals surface area (Å²) < 4.78 is 17.3. The van der Waals surface area contributed by atoms with Gasteiger partial charge in [-0.15, -0.1) is 0 Å². The Morgan fingerprint density at radius 3 is 2.31 bits per heavy atom. The number of hydrogen-bond donors (Lipinski definition) is 1. The molecule has 0 aliphatic rings. The second-order valence-corrected chi connectivity index (χ2v) is 7.79. The van der Waals surface area contributed by atoms with Crippen molar-refractivity contribution in [1.82, 2.24) is 4.57 Å². The third-order valence-corrected chi connectivity index (χ3v) is 5.87. The number of carbonyl (C=O) groups is 1. The molecule has 3 aromatic carbocycles. The molecule has 36 heavy (non-hydrogen) atoms. The molecule has 0 aliphatic carbocycles. The van der Waals surface area contributed by atoms with Gasteiger partial charge in [-0.25, -0.2) is 4.79 Å². The van der Waals surface area contributed by atoms with Gasteiger partial charge in [-0.2, -0.15) is 0 Å². The minimum atomic E-state index is -1.45. The number of para-hydroxylation sites is 1. The zero-order valence-corrected chi connectivity index (χ0v) is 19.7. The number of fused-ring (bicyclic) bond motifs is 1. The molecule has 0 saturated heterocycles. The lowest BCUT2D eigenvalue weighted by Gasteiger charge is -2.18. The first kappa shape index (κ1) is 24.3. The van der Waals surface area contributed by atoms with Crippen molar-refractivity contribution in [2.45, 2.75) is 6.54 Å². The first-order valence-electron chi connectivity index (χ1n) is 10.7. The number of aromatic nitrogens is 1. The van der Waals surface area contributed by atoms with E-state index in [1.165, 1.54) is 44.1 Å². The lowest BCUT2D eigenvalue weighted by Crippen LogP contribution is -2.28. The summed E-state index contributed by atoms with van der Waals surface area (Å²) in [6.07, 6.45) is 0. The van der Waals surface area contributed by atoms with E-state index in [0.717, 1.165) is 0 Å². The number of methoxy groups -OCH3 is 3. The van der Waals surface area contributed by atoms with Crippen LogP contribution in [0.3, 0.4) is 0 Å². The molecule has 4 aromatic rings. The predicted octanol–water partition coefficient (Wildman–Crippen LogP) is 4.35. The van der Waals surface area contributed by atoms with Gasteiger partial charge < -0.3 is 23.9 Å². The highest BCUT2D eigenvalue weighted by Gasteiger charge is 2.25. The predicted molar refractivity (Wildman–Crippen MR) is 132 cm³/mol. The van der Waals surface area contributed by atoms with Crippen molar-refractivity contribution in [3.63, 3.8) is 0 Å². The van der Waals surface area contributed by atoms with Crippen LogP contribution in [-0.2, 0) is 6.54 Å². The molecule has 1 aromatic heterocycles. The molecule has 0 unspecified atom stereocenters. The van der Waals surface area contributed by atoms with Crippen LogP contribution in [0.25, 0.3) is 22.0 Å². The number of hydrogen-bond acceptors (Lipinski definition) is 7. The first-order chi connectivity index (χ1) is 17.3. The molecule has 4 rings (SSSR count). The topological polar surface area (TPSA) is 130 Å². The minimum absolute atomic E-state index is 0.0588. The van der Waals surface area contributed by atoms with Gasteiger partial charge in [-0.05, 0) is 29.8 Å². The van der Waals surface area contributed by atoms with E-state index in [1.807, 2.05) is 0 Å². The highest BCUT2D eigenvalue weighted by molar-refractivity contribution is 6.07. The van der Waals surface area contributed by atoms with Gasteiger partial charge in [0.25, 0.3) is 11.2 Å². The fourth-order valence-electron chi connectivity index (χ4n) is 4.22. The molecule has 0 saturated carbocycles. The zero-order valence-electron chi connectivity index (χ0n) is 19.7. The number of aromatic carboxylic acids is 1. The van der Waals surface area contributed by atoms with Crippen LogP contribution in [0, 0.1) is 10.1 Å². The van der Waals surface area contributed by atoms with Crippen LogP contribution in [0.2, 0.25) is 0 Å². The Kier molecular flexibility index (Phi) is 6.60. The lowest BCUT2D eigenvalue weighted by molar-refractivity contribution is -0.384. The quantitative estimate of drug-likeness (QED) is 0.285. The molecule has 0 aliphatic heterocycles. The van der Waals surface area contributed by atoms with Gasteiger partial charge in [-0.3, -0.25) is 14.9 Å². The number of carboxylic acid groups (broad SMARTS) is 1. The van der Waals surface area contributed by atoms with Gasteiger partial charge in [-0.1, -0.05) is 24.3 Å². The number of carboxylic acids is 1. The first-order valence-corrected chi connectivity index (χ1v) is 10.7. The molecule has 10 nitrogen and oxygen atoms in total. The summed E-state index contributed by atoms with van der Waals surface area (Å²) in [5.74, 6) is -0.0932. The third kappa shape index (κ3) is 4.20. The summed E-state index contributed by atoms with van der Waals surface area (Å²) in [4.78, 5) is 37.1. The van der Waals surface area contributed by atoms with Crippen molar-refractivity contribution in [2.75, 3.05) is 21.3 Å². The molecule has 0 amide bonds. The second-order valence-electron chi connectivity index (χ2n) is 7.79. The van der Waals surface area contributed by atoms with E-state index in [1.54, 1.807) is 42.5 Å². The molecular weight excluding hydrogens is 468 g/mol. The Hall–Kier alpha value is -4.86. The highest BCUT2D eigenvalue weighted by atomic mass is 16.6. The monoisotopic (exact) mass is 490 g/mol. The van der Waals surface area contributed by atoms with Crippen LogP contribution in [0.1, 0.15) is 15.9 Å². The number of nitro benzene ring substituents is 1. The van der Waals surface area contributed by atoms with Crippen molar-refractivity contribution in [3.8, 4) is 28.4 Å². The largest absolute Gasteiger partial charge is 0.497 e. The third-order valence-electron chi connectivity index (χ3n) is 5.87. The van der Waals surface area contributed by atoms with E-state index in [-0.39, 0.29) is 23.2 Å². The molecule has 0 spiro atoms. The van der Waals surface area contributed by atoms with E-state index in [0.29, 0.717) is 33.9 Å². The maximum atomic E-state index is 13.7. The van der Waals surface area contributed by atoms with E-state index >= 15 is 0 Å². The number of nitro groups is 1. The standard InChI is InChI=1S/C26H22N2O8/c1-34-18-10-7-15(8-11-18)22-19-13-17(28(32)33)9-12-20(19)27(25(29)23(22)26(30)31)14-16-5-4-6-21(35-2)24(16)36-3/h4-13H,14H2,1-3H3,(H,30,31). The number of non-ortho nitro benzene ring substituents is 1. The summed E-state index contributed by atoms with van der Waals surface area (Å²) in [6, 6.07) is 15.6. The van der Waals surface area contributed by atoms with E-state index < -0.39 is 22.0 Å². The fraction of sp³-hybridized carbons (Fsp3) is 0.154. The average molecular weight is 490 g/mol. The molecule has 0 atom stereocenters. The zero-order chi connectivity index (χ0) is 26.0. The summed E-state index contributed by atoms with van der Waals surface area (Å²) >= 11 is 0. The van der Waals surface area contributed by atoms with E-state index in [9.17, 15) is 24.8 Å². The maximum Gasteiger partial charge on any atom is 0.342 e. The second kappa shape index (κ2) is 9.79. The van der Waals surface area contributed by atoms with Gasteiger partial charge in [0.1, 0.15) is 11.3 Å². The van der Waals surface area contributed by atoms with Crippen LogP contribution in [0.15, 0.2) is 65.5 Å². The van der Waals surface area contributed by atoms with Crippen molar-refractivity contribution in [1.29, 1.82) is 0 Å². The van der Waals surface area contributed by atoms with E-state index in [2.05, 4.69) is 0 Å². The number of benzene rings is 3. The van der Waals surface area contributed by atoms with Gasteiger partial charge in [0.15, 0.2) is 11.5 Å². The average Bonchev–Trinajstić information content (AvgIpc) is 2.89. The van der Waals surface area contributed by atoms with Crippen LogP contribution in [-0.4, -0.2) is 41.9 Å². The summed E-state index contributed by atoms with van der Waals surface area (Å²) in [5, 5.41) is 21.9. The molecule has 1 heterocycles. The Labute approximate surface area is 205 Å². The number of rotatable bonds is 8. The Morgan fingerprint density at radius 2 is 1.72 bits per heavy atom. The van der Waals surface area contributed by atoms with Gasteiger partial charge in [0.2, 0.25) is 0 Å². The Bertz CT molecular complexity index is 1540. The van der Waals surface area contributed by atoms with Gasteiger partial charge in [0.05, 0.1) is 38.3 Å². The van der Waals surface area contributed by atoms with Crippen LogP contribution in [0.4, 0.5) is 5.69 Å². The smallest absolute Gasteiger partial charge is 0.342 e. The molecule has 0 radical (unpaired) electrons. The molecule has 10 heteroatoms. The number of ether oxygens (including phenoxy) is 3. The Morgan fingerprint density at radius 1 is 1.00 bits per heavy atom. The number of nitrogens with zero attached hydrogens (tertiary/aromatic N) is 2. The molecule has 0 fully saturated rings. The van der Waals surface area contributed by atoms with Crippen LogP contribution >= 0.6 is 0 Å². The lowest BCUT2D eigenvalue weighted by atomic mass is 9.95. The maximum absolute atomic E-state index is 13.7. The molecule has 184 valence electrons. The fourth-order valence-corrected chi connectivity index (χ4v) is 4.22. The van der Waals surface area contributed by atoms with E-state index in [4.69, 9.17) is 14.2 Å². The molecule has 0 bridgehead atoms. The van der Waals surface area contributed by atoms with Gasteiger partial charge >= 0.3 is 5.97 Å². The SMILES string of the molecule is COc1ccc(-c2c(C(=O)O)c(=O)n(Cc3cccc(OC)c3OC)c3ccc([N+](=O)[O-])cc23)cc1. The molecule has 1 N–H and O–H groups in total. The van der Waals surface area contributed by atoms with Crippen molar-refractivity contribution < 1.29 is 29.0 Å². The normalized spacial score (nSPS) is 10.8. The summed E-state index contributed by atoms with van der Waals surface area (Å²) in [5.41, 5.74) is -0.129. The van der Waals surface area contributed by atoms with Crippen LogP contribution < -0.4 is 19.8 Å². The summed E-state index contributed by atoms with van der Waals surface area (Å²) in [7, 11) is 4.43. The van der Waals surface area contributed by atoms with Crippen molar-refractivity contribution in [2.24, 2.45) is 0 Å². The van der Waals surface area contributed by atoms with Crippen molar-refractivity contribution in [3.05, 3.63) is 92.3 Å². The van der Waals surface area contributed by atoms with Crippen LogP contribution in [0.5, 0.6) is 17.2 Å². The van der Waals surface area contributed by atoms with Gasteiger partial charge in [0, 0.05) is 28.6 Å². The Balaban J connectivity index is 2.09. The minimum Gasteiger partial charge on any atom is -0.497 e. The highest BCUT2D eigenvalue weighted by Crippen LogP contribution is 2.36. The summed E-state index contributed by atoms with van der Waals surface area (Å²) in [6.45, 7) is -0.0588. The molecular formula is C26H22N2O8. The number of pyridine rings is 1. The van der Waals surface area contributed by atoms with Crippen molar-refractivity contribution >= 4 is 22.6 Å².